The zero-order valence-corrected chi connectivity index (χ0v) is 13.6. The van der Waals surface area contributed by atoms with Crippen molar-refractivity contribution in [1.82, 2.24) is 5.32 Å². The number of nitrogens with one attached hydrogen (secondary N) is 1. The molecule has 1 aliphatic heterocycles. The van der Waals surface area contributed by atoms with E-state index in [-0.39, 0.29) is 18.2 Å². The first-order valence-electron chi connectivity index (χ1n) is 7.96. The molecule has 1 aliphatic rings. The number of fused-ring (bicyclic) bond motifs is 1. The molecule has 5 nitrogen and oxygen atoms in total. The van der Waals surface area contributed by atoms with Crippen LogP contribution in [0.4, 0.5) is 5.69 Å². The van der Waals surface area contributed by atoms with Gasteiger partial charge in [-0.25, -0.2) is 0 Å². The van der Waals surface area contributed by atoms with Crippen molar-refractivity contribution in [3.05, 3.63) is 59.7 Å². The summed E-state index contributed by atoms with van der Waals surface area (Å²) in [6, 6.07) is 15.3. The summed E-state index contributed by atoms with van der Waals surface area (Å²) in [6.45, 7) is 0.888. The van der Waals surface area contributed by atoms with Gasteiger partial charge in [0.15, 0.2) is 0 Å². The fourth-order valence-corrected chi connectivity index (χ4v) is 2.65. The summed E-state index contributed by atoms with van der Waals surface area (Å²) >= 11 is 0. The second-order valence-corrected chi connectivity index (χ2v) is 5.79. The molecule has 2 aromatic rings. The summed E-state index contributed by atoms with van der Waals surface area (Å²) in [5.41, 5.74) is 2.63. The normalized spacial score (nSPS) is 13.7. The Bertz CT molecular complexity index is 744. The third-order valence-electron chi connectivity index (χ3n) is 4.03. The molecule has 24 heavy (non-hydrogen) atoms. The van der Waals surface area contributed by atoms with Crippen LogP contribution in [0.2, 0.25) is 0 Å². The molecule has 1 N–H and O–H groups in total. The van der Waals surface area contributed by atoms with E-state index in [1.165, 1.54) is 0 Å². The molecule has 0 unspecified atom stereocenters. The highest BCUT2D eigenvalue weighted by Gasteiger charge is 2.20. The standard InChI is InChI=1S/C19H20N2O3/c1-21-16-11-15(7-8-17(16)24-10-9-19(21)23)12-18(22)20-13-14-5-3-2-4-6-14/h2-8,11H,9-10,12-13H2,1H3,(H,20,22). The molecule has 0 fully saturated rings. The third kappa shape index (κ3) is 3.74. The minimum Gasteiger partial charge on any atom is -0.491 e. The summed E-state index contributed by atoms with van der Waals surface area (Å²) in [4.78, 5) is 25.7. The molecule has 0 radical (unpaired) electrons. The van der Waals surface area contributed by atoms with Crippen LogP contribution in [0.3, 0.4) is 0 Å². The number of carbonyl (C=O) groups excluding carboxylic acids is 2. The van der Waals surface area contributed by atoms with Gasteiger partial charge in [0.05, 0.1) is 25.1 Å². The van der Waals surface area contributed by atoms with Crippen molar-refractivity contribution in [2.24, 2.45) is 0 Å². The smallest absolute Gasteiger partial charge is 0.230 e. The zero-order valence-electron chi connectivity index (χ0n) is 13.6. The van der Waals surface area contributed by atoms with Gasteiger partial charge in [-0.3, -0.25) is 9.59 Å². The Labute approximate surface area is 141 Å². The molecular formula is C19H20N2O3. The van der Waals surface area contributed by atoms with Gasteiger partial charge in [-0.15, -0.1) is 0 Å². The number of carbonyl (C=O) groups is 2. The molecule has 0 saturated carbocycles. The first-order valence-corrected chi connectivity index (χ1v) is 7.96. The maximum Gasteiger partial charge on any atom is 0.230 e. The SMILES string of the molecule is CN1C(=O)CCOc2ccc(CC(=O)NCc3ccccc3)cc21. The minimum absolute atomic E-state index is 0.0134. The van der Waals surface area contributed by atoms with Crippen LogP contribution in [-0.4, -0.2) is 25.5 Å². The lowest BCUT2D eigenvalue weighted by atomic mass is 10.1. The molecule has 0 spiro atoms. The predicted molar refractivity (Wildman–Crippen MR) is 92.0 cm³/mol. The van der Waals surface area contributed by atoms with Crippen molar-refractivity contribution in [3.8, 4) is 5.75 Å². The van der Waals surface area contributed by atoms with Crippen LogP contribution in [-0.2, 0) is 22.6 Å². The molecule has 5 heteroatoms. The van der Waals surface area contributed by atoms with Crippen LogP contribution in [0.5, 0.6) is 5.75 Å². The van der Waals surface area contributed by atoms with E-state index in [1.54, 1.807) is 11.9 Å². The third-order valence-corrected chi connectivity index (χ3v) is 4.03. The monoisotopic (exact) mass is 324 g/mol. The highest BCUT2D eigenvalue weighted by Crippen LogP contribution is 2.31. The fraction of sp³-hybridized carbons (Fsp3) is 0.263. The number of nitrogens with zero attached hydrogens (tertiary/aromatic N) is 1. The number of hydrogen-bond donors (Lipinski definition) is 1. The van der Waals surface area contributed by atoms with Gasteiger partial charge in [-0.05, 0) is 23.3 Å². The Balaban J connectivity index is 1.66. The van der Waals surface area contributed by atoms with Crippen LogP contribution < -0.4 is 15.0 Å². The van der Waals surface area contributed by atoms with Crippen LogP contribution in [0, 0.1) is 0 Å². The van der Waals surface area contributed by atoms with Gasteiger partial charge in [-0.2, -0.15) is 0 Å². The Morgan fingerprint density at radius 2 is 1.96 bits per heavy atom. The van der Waals surface area contributed by atoms with Gasteiger partial charge < -0.3 is 15.0 Å². The van der Waals surface area contributed by atoms with E-state index in [0.29, 0.717) is 31.0 Å². The van der Waals surface area contributed by atoms with Gasteiger partial charge in [-0.1, -0.05) is 36.4 Å². The summed E-state index contributed by atoms with van der Waals surface area (Å²) in [6.07, 6.45) is 0.625. The van der Waals surface area contributed by atoms with Gasteiger partial charge in [0.2, 0.25) is 11.8 Å². The topological polar surface area (TPSA) is 58.6 Å². The van der Waals surface area contributed by atoms with E-state index in [4.69, 9.17) is 4.74 Å². The van der Waals surface area contributed by atoms with Gasteiger partial charge in [0.1, 0.15) is 5.75 Å². The lowest BCUT2D eigenvalue weighted by Gasteiger charge is -2.17. The van der Waals surface area contributed by atoms with Crippen molar-refractivity contribution in [1.29, 1.82) is 0 Å². The molecule has 124 valence electrons. The second-order valence-electron chi connectivity index (χ2n) is 5.79. The lowest BCUT2D eigenvalue weighted by Crippen LogP contribution is -2.26. The van der Waals surface area contributed by atoms with Crippen LogP contribution in [0.25, 0.3) is 0 Å². The van der Waals surface area contributed by atoms with Crippen LogP contribution >= 0.6 is 0 Å². The number of amides is 2. The van der Waals surface area contributed by atoms with E-state index in [0.717, 1.165) is 11.1 Å². The van der Waals surface area contributed by atoms with Crippen molar-refractivity contribution < 1.29 is 14.3 Å². The van der Waals surface area contributed by atoms with Crippen molar-refractivity contribution in [2.75, 3.05) is 18.6 Å². The Hall–Kier alpha value is -2.82. The average molecular weight is 324 g/mol. The Morgan fingerprint density at radius 1 is 1.17 bits per heavy atom. The molecule has 0 aliphatic carbocycles. The number of benzene rings is 2. The molecule has 0 aromatic heterocycles. The van der Waals surface area contributed by atoms with E-state index in [2.05, 4.69) is 5.32 Å². The summed E-state index contributed by atoms with van der Waals surface area (Å²) in [7, 11) is 1.73. The maximum atomic E-state index is 12.1. The van der Waals surface area contributed by atoms with Crippen molar-refractivity contribution >= 4 is 17.5 Å². The fourth-order valence-electron chi connectivity index (χ4n) is 2.65. The van der Waals surface area contributed by atoms with Crippen molar-refractivity contribution in [3.63, 3.8) is 0 Å². The molecule has 2 aromatic carbocycles. The zero-order chi connectivity index (χ0) is 16.9. The maximum absolute atomic E-state index is 12.1. The Morgan fingerprint density at radius 3 is 2.75 bits per heavy atom. The van der Waals surface area contributed by atoms with Gasteiger partial charge >= 0.3 is 0 Å². The molecule has 0 atom stereocenters. The highest BCUT2D eigenvalue weighted by molar-refractivity contribution is 5.95. The molecule has 0 saturated heterocycles. The van der Waals surface area contributed by atoms with E-state index in [1.807, 2.05) is 48.5 Å². The molecule has 2 amide bonds. The summed E-state index contributed by atoms with van der Waals surface area (Å²) in [5.74, 6) is 0.638. The largest absolute Gasteiger partial charge is 0.491 e. The van der Waals surface area contributed by atoms with Crippen molar-refractivity contribution in [2.45, 2.75) is 19.4 Å². The van der Waals surface area contributed by atoms with E-state index >= 15 is 0 Å². The van der Waals surface area contributed by atoms with Crippen LogP contribution in [0.15, 0.2) is 48.5 Å². The molecule has 0 bridgehead atoms. The predicted octanol–water partition coefficient (Wildman–Crippen LogP) is 2.29. The first kappa shape index (κ1) is 16.1. The first-order chi connectivity index (χ1) is 11.6. The number of rotatable bonds is 4. The average Bonchev–Trinajstić information content (AvgIpc) is 2.74. The summed E-state index contributed by atoms with van der Waals surface area (Å²) in [5, 5.41) is 2.91. The lowest BCUT2D eigenvalue weighted by molar-refractivity contribution is -0.120. The number of anilines is 1. The highest BCUT2D eigenvalue weighted by atomic mass is 16.5. The molecule has 1 heterocycles. The van der Waals surface area contributed by atoms with Gasteiger partial charge in [0, 0.05) is 13.6 Å². The van der Waals surface area contributed by atoms with E-state index < -0.39 is 0 Å². The number of ether oxygens (including phenoxy) is 1. The molecular weight excluding hydrogens is 304 g/mol. The van der Waals surface area contributed by atoms with Crippen LogP contribution in [0.1, 0.15) is 17.5 Å². The second kappa shape index (κ2) is 7.17. The number of hydrogen-bond acceptors (Lipinski definition) is 3. The van der Waals surface area contributed by atoms with Gasteiger partial charge in [0.25, 0.3) is 0 Å². The van der Waals surface area contributed by atoms with E-state index in [9.17, 15) is 9.59 Å². The minimum atomic E-state index is -0.0534. The molecule has 3 rings (SSSR count). The Kier molecular flexibility index (Phi) is 4.79. The summed E-state index contributed by atoms with van der Waals surface area (Å²) < 4.78 is 5.59. The quantitative estimate of drug-likeness (QED) is 0.939.